The highest BCUT2D eigenvalue weighted by Crippen LogP contribution is 2.35. The fraction of sp³-hybridized carbons (Fsp3) is 0.235. The largest absolute Gasteiger partial charge is 0.505 e. The van der Waals surface area contributed by atoms with Gasteiger partial charge in [-0.05, 0) is 37.5 Å². The van der Waals surface area contributed by atoms with Gasteiger partial charge in [-0.15, -0.1) is 0 Å². The van der Waals surface area contributed by atoms with E-state index in [9.17, 15) is 9.50 Å². The van der Waals surface area contributed by atoms with Gasteiger partial charge in [-0.1, -0.05) is 6.07 Å². The van der Waals surface area contributed by atoms with Gasteiger partial charge in [-0.3, -0.25) is 4.68 Å². The Bertz CT molecular complexity index is 904. The molecule has 0 unspecified atom stereocenters. The monoisotopic (exact) mass is 325 g/mol. The third-order valence-electron chi connectivity index (χ3n) is 3.98. The SMILES string of the molecule is Cc1cnc(Nc2cnn(C3CC3)c2)nc1-c1cccc(O)c1F. The first kappa shape index (κ1) is 14.6. The van der Waals surface area contributed by atoms with Crippen LogP contribution in [0.4, 0.5) is 16.0 Å². The van der Waals surface area contributed by atoms with E-state index in [-0.39, 0.29) is 5.56 Å². The summed E-state index contributed by atoms with van der Waals surface area (Å²) in [5.74, 6) is -0.730. The minimum Gasteiger partial charge on any atom is -0.505 e. The number of aromatic hydroxyl groups is 1. The highest BCUT2D eigenvalue weighted by molar-refractivity contribution is 5.67. The first-order chi connectivity index (χ1) is 11.6. The lowest BCUT2D eigenvalue weighted by molar-refractivity contribution is 0.433. The molecule has 0 atom stereocenters. The lowest BCUT2D eigenvalue weighted by Crippen LogP contribution is -2.00. The maximum Gasteiger partial charge on any atom is 0.227 e. The molecule has 0 radical (unpaired) electrons. The predicted molar refractivity (Wildman–Crippen MR) is 87.6 cm³/mol. The van der Waals surface area contributed by atoms with Crippen LogP contribution in [0.1, 0.15) is 24.4 Å². The molecule has 122 valence electrons. The van der Waals surface area contributed by atoms with Crippen LogP contribution < -0.4 is 5.32 Å². The van der Waals surface area contributed by atoms with E-state index in [2.05, 4.69) is 20.4 Å². The Kier molecular flexibility index (Phi) is 3.41. The minimum atomic E-state index is -0.688. The number of phenolic OH excluding ortho intramolecular Hbond substituents is 1. The molecule has 6 nitrogen and oxygen atoms in total. The molecule has 0 aliphatic heterocycles. The van der Waals surface area contributed by atoms with E-state index >= 15 is 0 Å². The van der Waals surface area contributed by atoms with E-state index in [1.54, 1.807) is 31.5 Å². The molecular weight excluding hydrogens is 309 g/mol. The van der Waals surface area contributed by atoms with Gasteiger partial charge in [0, 0.05) is 18.0 Å². The first-order valence-electron chi connectivity index (χ1n) is 7.74. The first-order valence-corrected chi connectivity index (χ1v) is 7.74. The topological polar surface area (TPSA) is 75.9 Å². The second-order valence-corrected chi connectivity index (χ2v) is 5.93. The summed E-state index contributed by atoms with van der Waals surface area (Å²) in [7, 11) is 0. The molecule has 3 aromatic rings. The molecule has 2 N–H and O–H groups in total. The summed E-state index contributed by atoms with van der Waals surface area (Å²) in [6.45, 7) is 1.80. The molecule has 1 aromatic carbocycles. The van der Waals surface area contributed by atoms with Crippen molar-refractivity contribution in [2.45, 2.75) is 25.8 Å². The van der Waals surface area contributed by atoms with Gasteiger partial charge in [0.2, 0.25) is 5.95 Å². The molecule has 4 rings (SSSR count). The van der Waals surface area contributed by atoms with Crippen molar-refractivity contribution in [2.75, 3.05) is 5.32 Å². The maximum atomic E-state index is 14.2. The van der Waals surface area contributed by atoms with E-state index in [1.165, 1.54) is 6.07 Å². The number of nitrogens with one attached hydrogen (secondary N) is 1. The average Bonchev–Trinajstić information content (AvgIpc) is 3.32. The zero-order chi connectivity index (χ0) is 16.7. The molecular formula is C17H16FN5O. The summed E-state index contributed by atoms with van der Waals surface area (Å²) >= 11 is 0. The molecule has 0 bridgehead atoms. The molecule has 0 spiro atoms. The van der Waals surface area contributed by atoms with Crippen molar-refractivity contribution < 1.29 is 9.50 Å². The fourth-order valence-electron chi connectivity index (χ4n) is 2.55. The van der Waals surface area contributed by atoms with Gasteiger partial charge in [0.25, 0.3) is 0 Å². The zero-order valence-corrected chi connectivity index (χ0v) is 13.1. The maximum absolute atomic E-state index is 14.2. The Morgan fingerprint density at radius 2 is 2.12 bits per heavy atom. The van der Waals surface area contributed by atoms with Crippen LogP contribution in [0.3, 0.4) is 0 Å². The van der Waals surface area contributed by atoms with E-state index in [4.69, 9.17) is 0 Å². The molecule has 0 amide bonds. The second-order valence-electron chi connectivity index (χ2n) is 5.93. The van der Waals surface area contributed by atoms with Crippen molar-refractivity contribution in [1.82, 2.24) is 19.7 Å². The summed E-state index contributed by atoms with van der Waals surface area (Å²) in [5, 5.41) is 17.0. The summed E-state index contributed by atoms with van der Waals surface area (Å²) in [6.07, 6.45) is 7.57. The predicted octanol–water partition coefficient (Wildman–Crippen LogP) is 3.57. The standard InChI is InChI=1S/C17H16FN5O/c1-10-7-19-17(21-11-8-20-23(9-11)12-5-6-12)22-16(10)13-3-2-4-14(24)15(13)18/h2-4,7-9,12,24H,5-6H2,1H3,(H,19,21,22). The van der Waals surface area contributed by atoms with Gasteiger partial charge in [0.15, 0.2) is 11.6 Å². The molecule has 7 heteroatoms. The van der Waals surface area contributed by atoms with Crippen LogP contribution in [0.2, 0.25) is 0 Å². The number of hydrogen-bond donors (Lipinski definition) is 2. The van der Waals surface area contributed by atoms with Crippen molar-refractivity contribution in [3.8, 4) is 17.0 Å². The quantitative estimate of drug-likeness (QED) is 0.767. The normalized spacial score (nSPS) is 13.9. The smallest absolute Gasteiger partial charge is 0.227 e. The van der Waals surface area contributed by atoms with Crippen LogP contribution >= 0.6 is 0 Å². The summed E-state index contributed by atoms with van der Waals surface area (Å²) < 4.78 is 16.1. The third kappa shape index (κ3) is 2.68. The van der Waals surface area contributed by atoms with Crippen LogP contribution in [0.15, 0.2) is 36.8 Å². The molecule has 2 heterocycles. The van der Waals surface area contributed by atoms with Crippen LogP contribution in [-0.2, 0) is 0 Å². The summed E-state index contributed by atoms with van der Waals surface area (Å²) in [5.41, 5.74) is 2.19. The zero-order valence-electron chi connectivity index (χ0n) is 13.1. The molecule has 2 aromatic heterocycles. The number of rotatable bonds is 4. The average molecular weight is 325 g/mol. The van der Waals surface area contributed by atoms with Gasteiger partial charge < -0.3 is 10.4 Å². The van der Waals surface area contributed by atoms with Crippen molar-refractivity contribution in [2.24, 2.45) is 0 Å². The third-order valence-corrected chi connectivity index (χ3v) is 3.98. The van der Waals surface area contributed by atoms with Crippen LogP contribution in [0, 0.1) is 12.7 Å². The summed E-state index contributed by atoms with van der Waals surface area (Å²) in [6, 6.07) is 4.97. The Morgan fingerprint density at radius 3 is 2.92 bits per heavy atom. The Balaban J connectivity index is 1.66. The number of phenols is 1. The van der Waals surface area contributed by atoms with Crippen molar-refractivity contribution >= 4 is 11.6 Å². The highest BCUT2D eigenvalue weighted by atomic mass is 19.1. The van der Waals surface area contributed by atoms with Crippen molar-refractivity contribution in [1.29, 1.82) is 0 Å². The number of aryl methyl sites for hydroxylation is 1. The Morgan fingerprint density at radius 1 is 1.29 bits per heavy atom. The van der Waals surface area contributed by atoms with E-state index in [1.807, 2.05) is 10.9 Å². The van der Waals surface area contributed by atoms with Gasteiger partial charge in [0.05, 0.1) is 23.6 Å². The Labute approximate surface area is 138 Å². The molecule has 1 fully saturated rings. The van der Waals surface area contributed by atoms with Crippen LogP contribution in [0.25, 0.3) is 11.3 Å². The van der Waals surface area contributed by atoms with E-state index in [0.29, 0.717) is 17.7 Å². The molecule has 0 saturated heterocycles. The fourth-order valence-corrected chi connectivity index (χ4v) is 2.55. The number of halogens is 1. The number of anilines is 2. The van der Waals surface area contributed by atoms with Crippen molar-refractivity contribution in [3.05, 3.63) is 48.2 Å². The van der Waals surface area contributed by atoms with Crippen LogP contribution in [-0.4, -0.2) is 24.9 Å². The number of nitrogens with zero attached hydrogens (tertiary/aromatic N) is 4. The molecule has 1 aliphatic rings. The van der Waals surface area contributed by atoms with Gasteiger partial charge in [-0.2, -0.15) is 5.10 Å². The number of hydrogen-bond acceptors (Lipinski definition) is 5. The van der Waals surface area contributed by atoms with Gasteiger partial charge in [-0.25, -0.2) is 14.4 Å². The lowest BCUT2D eigenvalue weighted by atomic mass is 10.1. The number of aromatic nitrogens is 4. The molecule has 1 saturated carbocycles. The minimum absolute atomic E-state index is 0.242. The van der Waals surface area contributed by atoms with Crippen molar-refractivity contribution in [3.63, 3.8) is 0 Å². The molecule has 24 heavy (non-hydrogen) atoms. The summed E-state index contributed by atoms with van der Waals surface area (Å²) in [4.78, 5) is 8.64. The van der Waals surface area contributed by atoms with E-state index < -0.39 is 11.6 Å². The highest BCUT2D eigenvalue weighted by Gasteiger charge is 2.24. The number of benzene rings is 1. The van der Waals surface area contributed by atoms with Gasteiger partial charge >= 0.3 is 0 Å². The van der Waals surface area contributed by atoms with Crippen LogP contribution in [0.5, 0.6) is 5.75 Å². The Hall–Kier alpha value is -2.96. The van der Waals surface area contributed by atoms with E-state index in [0.717, 1.165) is 24.1 Å². The van der Waals surface area contributed by atoms with Gasteiger partial charge in [0.1, 0.15) is 0 Å². The second kappa shape index (κ2) is 5.59. The molecule has 1 aliphatic carbocycles. The lowest BCUT2D eigenvalue weighted by Gasteiger charge is -2.09.